The maximum atomic E-state index is 3.82. The maximum absolute atomic E-state index is 3.82. The second-order valence-corrected chi connectivity index (χ2v) is 5.47. The molecule has 1 aliphatic heterocycles. The molecule has 0 aromatic heterocycles. The smallest absolute Gasteiger partial charge is 0.0164 e. The lowest BCUT2D eigenvalue weighted by Crippen LogP contribution is -2.50. The van der Waals surface area contributed by atoms with Gasteiger partial charge in [-0.1, -0.05) is 19.1 Å². The molecule has 3 heteroatoms. The first-order valence-corrected chi connectivity index (χ1v) is 7.61. The predicted molar refractivity (Wildman–Crippen MR) is 84.6 cm³/mol. The van der Waals surface area contributed by atoms with Gasteiger partial charge in [0.25, 0.3) is 0 Å². The number of piperazine rings is 1. The van der Waals surface area contributed by atoms with Gasteiger partial charge in [0, 0.05) is 58.4 Å². The summed E-state index contributed by atoms with van der Waals surface area (Å²) in [4.78, 5) is 7.58. The molecule has 1 aliphatic rings. The Morgan fingerprint density at radius 1 is 1.11 bits per heavy atom. The van der Waals surface area contributed by atoms with E-state index >= 15 is 0 Å². The molecule has 0 bridgehead atoms. The van der Waals surface area contributed by atoms with Crippen molar-refractivity contribution in [2.75, 3.05) is 52.4 Å². The molecule has 3 nitrogen and oxygen atoms in total. The molecule has 0 amide bonds. The van der Waals surface area contributed by atoms with E-state index in [9.17, 15) is 0 Å². The van der Waals surface area contributed by atoms with E-state index in [1.807, 2.05) is 12.2 Å². The molecule has 1 rings (SSSR count). The van der Waals surface area contributed by atoms with Crippen LogP contribution in [0.15, 0.2) is 25.3 Å². The van der Waals surface area contributed by atoms with Crippen molar-refractivity contribution in [1.82, 2.24) is 14.7 Å². The van der Waals surface area contributed by atoms with Gasteiger partial charge in [-0.2, -0.15) is 0 Å². The summed E-state index contributed by atoms with van der Waals surface area (Å²) >= 11 is 0. The molecule has 1 heterocycles. The van der Waals surface area contributed by atoms with Crippen molar-refractivity contribution in [1.29, 1.82) is 0 Å². The highest BCUT2D eigenvalue weighted by Gasteiger charge is 2.19. The molecule has 0 radical (unpaired) electrons. The van der Waals surface area contributed by atoms with Gasteiger partial charge < -0.3 is 0 Å². The van der Waals surface area contributed by atoms with Crippen LogP contribution in [-0.4, -0.2) is 73.1 Å². The van der Waals surface area contributed by atoms with Crippen LogP contribution in [0.25, 0.3) is 0 Å². The Morgan fingerprint density at radius 2 is 1.68 bits per heavy atom. The van der Waals surface area contributed by atoms with Gasteiger partial charge in [-0.3, -0.25) is 14.7 Å². The minimum absolute atomic E-state index is 0.736. The summed E-state index contributed by atoms with van der Waals surface area (Å²) in [5.41, 5.74) is 0. The van der Waals surface area contributed by atoms with E-state index < -0.39 is 0 Å². The Morgan fingerprint density at radius 3 is 2.16 bits per heavy atom. The zero-order valence-corrected chi connectivity index (χ0v) is 12.9. The molecular formula is C16H31N3. The summed E-state index contributed by atoms with van der Waals surface area (Å²) in [6.45, 7) is 21.3. The van der Waals surface area contributed by atoms with Crippen LogP contribution in [-0.2, 0) is 0 Å². The van der Waals surface area contributed by atoms with Crippen LogP contribution in [0, 0.1) is 0 Å². The molecule has 19 heavy (non-hydrogen) atoms. The minimum atomic E-state index is 0.736. The average Bonchev–Trinajstić information content (AvgIpc) is 2.45. The van der Waals surface area contributed by atoms with Crippen LogP contribution in [0.3, 0.4) is 0 Å². The van der Waals surface area contributed by atoms with Crippen molar-refractivity contribution in [3.8, 4) is 0 Å². The third-order valence-corrected chi connectivity index (χ3v) is 4.13. The molecule has 1 unspecified atom stereocenters. The summed E-state index contributed by atoms with van der Waals surface area (Å²) in [5, 5.41) is 0. The highest BCUT2D eigenvalue weighted by atomic mass is 15.3. The number of hydrogen-bond acceptors (Lipinski definition) is 3. The SMILES string of the molecule is C=CCN(CC=C)CCN1CCN(C(C)CC)CC1. The quantitative estimate of drug-likeness (QED) is 0.591. The largest absolute Gasteiger partial charge is 0.300 e. The molecule has 0 saturated carbocycles. The number of nitrogens with zero attached hydrogens (tertiary/aromatic N) is 3. The second-order valence-electron chi connectivity index (χ2n) is 5.47. The van der Waals surface area contributed by atoms with Crippen molar-refractivity contribution in [2.45, 2.75) is 26.3 Å². The third kappa shape index (κ3) is 5.89. The Hall–Kier alpha value is -0.640. The summed E-state index contributed by atoms with van der Waals surface area (Å²) in [6, 6.07) is 0.736. The summed E-state index contributed by atoms with van der Waals surface area (Å²) in [7, 11) is 0. The fraction of sp³-hybridized carbons (Fsp3) is 0.750. The lowest BCUT2D eigenvalue weighted by Gasteiger charge is -2.38. The Balaban J connectivity index is 2.24. The summed E-state index contributed by atoms with van der Waals surface area (Å²) < 4.78 is 0. The number of rotatable bonds is 9. The maximum Gasteiger partial charge on any atom is 0.0164 e. The highest BCUT2D eigenvalue weighted by Crippen LogP contribution is 2.08. The summed E-state index contributed by atoms with van der Waals surface area (Å²) in [6.07, 6.45) is 5.21. The van der Waals surface area contributed by atoms with Gasteiger partial charge in [0.1, 0.15) is 0 Å². The first kappa shape index (κ1) is 16.4. The van der Waals surface area contributed by atoms with Crippen LogP contribution in [0.5, 0.6) is 0 Å². The molecule has 1 saturated heterocycles. The zero-order valence-electron chi connectivity index (χ0n) is 12.9. The van der Waals surface area contributed by atoms with Gasteiger partial charge >= 0.3 is 0 Å². The number of hydrogen-bond donors (Lipinski definition) is 0. The van der Waals surface area contributed by atoms with Crippen LogP contribution in [0.2, 0.25) is 0 Å². The molecule has 0 aromatic rings. The zero-order chi connectivity index (χ0) is 14.1. The Labute approximate surface area is 119 Å². The van der Waals surface area contributed by atoms with Gasteiger partial charge in [-0.05, 0) is 13.3 Å². The molecule has 0 aliphatic carbocycles. The van der Waals surface area contributed by atoms with Crippen LogP contribution >= 0.6 is 0 Å². The summed E-state index contributed by atoms with van der Waals surface area (Å²) in [5.74, 6) is 0. The van der Waals surface area contributed by atoms with E-state index in [4.69, 9.17) is 0 Å². The highest BCUT2D eigenvalue weighted by molar-refractivity contribution is 4.81. The normalized spacial score (nSPS) is 19.5. The lowest BCUT2D eigenvalue weighted by atomic mass is 10.2. The van der Waals surface area contributed by atoms with Crippen LogP contribution in [0.1, 0.15) is 20.3 Å². The average molecular weight is 265 g/mol. The third-order valence-electron chi connectivity index (χ3n) is 4.13. The molecular weight excluding hydrogens is 234 g/mol. The van der Waals surface area contributed by atoms with Gasteiger partial charge in [0.2, 0.25) is 0 Å². The fourth-order valence-corrected chi connectivity index (χ4v) is 2.59. The Bertz CT molecular complexity index is 247. The van der Waals surface area contributed by atoms with E-state index in [2.05, 4.69) is 41.7 Å². The molecule has 0 spiro atoms. The minimum Gasteiger partial charge on any atom is -0.300 e. The second kappa shape index (κ2) is 9.29. The van der Waals surface area contributed by atoms with E-state index in [1.165, 1.54) is 32.6 Å². The lowest BCUT2D eigenvalue weighted by molar-refractivity contribution is 0.0941. The van der Waals surface area contributed by atoms with Crippen LogP contribution in [0.4, 0.5) is 0 Å². The first-order valence-electron chi connectivity index (χ1n) is 7.61. The van der Waals surface area contributed by atoms with E-state index in [-0.39, 0.29) is 0 Å². The van der Waals surface area contributed by atoms with Crippen molar-refractivity contribution in [2.24, 2.45) is 0 Å². The molecule has 1 atom stereocenters. The fourth-order valence-electron chi connectivity index (χ4n) is 2.59. The van der Waals surface area contributed by atoms with E-state index in [0.717, 1.165) is 32.2 Å². The van der Waals surface area contributed by atoms with Crippen molar-refractivity contribution in [3.05, 3.63) is 25.3 Å². The van der Waals surface area contributed by atoms with Gasteiger partial charge in [-0.15, -0.1) is 13.2 Å². The van der Waals surface area contributed by atoms with Crippen molar-refractivity contribution < 1.29 is 0 Å². The van der Waals surface area contributed by atoms with Gasteiger partial charge in [-0.25, -0.2) is 0 Å². The predicted octanol–water partition coefficient (Wildman–Crippen LogP) is 2.08. The van der Waals surface area contributed by atoms with Crippen molar-refractivity contribution >= 4 is 0 Å². The van der Waals surface area contributed by atoms with Crippen LogP contribution < -0.4 is 0 Å². The molecule has 110 valence electrons. The van der Waals surface area contributed by atoms with E-state index in [0.29, 0.717) is 0 Å². The topological polar surface area (TPSA) is 9.72 Å². The van der Waals surface area contributed by atoms with E-state index in [1.54, 1.807) is 0 Å². The standard InChI is InChI=1S/C16H31N3/c1-5-8-17(9-6-2)10-11-18-12-14-19(15-13-18)16(4)7-3/h5-6,16H,1-2,7-15H2,3-4H3. The monoisotopic (exact) mass is 265 g/mol. The molecule has 0 aromatic carbocycles. The first-order chi connectivity index (χ1) is 9.21. The molecule has 1 fully saturated rings. The molecule has 0 N–H and O–H groups in total. The van der Waals surface area contributed by atoms with Gasteiger partial charge in [0.05, 0.1) is 0 Å². The van der Waals surface area contributed by atoms with Gasteiger partial charge in [0.15, 0.2) is 0 Å². The van der Waals surface area contributed by atoms with Crippen molar-refractivity contribution in [3.63, 3.8) is 0 Å². The Kier molecular flexibility index (Phi) is 8.03.